The number of rotatable bonds is 1. The lowest BCUT2D eigenvalue weighted by Crippen LogP contribution is -1.97. The number of nitrogens with two attached hydrogens (primary N) is 1. The van der Waals surface area contributed by atoms with Crippen LogP contribution in [-0.4, -0.2) is 33.1 Å². The molecule has 0 radical (unpaired) electrons. The Balaban J connectivity index is 1.85. The van der Waals surface area contributed by atoms with Crippen molar-refractivity contribution in [1.82, 2.24) is 19.9 Å². The molecular formula is C14H13N5O2. The molecule has 0 fully saturated rings. The fourth-order valence-electron chi connectivity index (χ4n) is 2.31. The number of nitrogens with one attached hydrogen (secondary N) is 1. The molecule has 0 spiro atoms. The van der Waals surface area contributed by atoms with Crippen molar-refractivity contribution in [2.45, 2.75) is 6.42 Å². The van der Waals surface area contributed by atoms with Crippen molar-refractivity contribution in [1.29, 1.82) is 0 Å². The van der Waals surface area contributed by atoms with Crippen LogP contribution in [0.4, 0.5) is 5.82 Å². The first kappa shape index (κ1) is 12.0. The van der Waals surface area contributed by atoms with Gasteiger partial charge in [-0.1, -0.05) is 0 Å². The van der Waals surface area contributed by atoms with Crippen LogP contribution >= 0.6 is 0 Å². The maximum atomic E-state index is 5.83. The molecule has 0 amide bonds. The van der Waals surface area contributed by atoms with Crippen LogP contribution in [-0.2, 0) is 0 Å². The van der Waals surface area contributed by atoms with Gasteiger partial charge in [0.15, 0.2) is 23.1 Å². The molecule has 3 N–H and O–H groups in total. The highest BCUT2D eigenvalue weighted by Crippen LogP contribution is 2.34. The Morgan fingerprint density at radius 2 is 1.81 bits per heavy atom. The number of hydrogen-bond donors (Lipinski definition) is 2. The minimum atomic E-state index is 0.339. The number of aromatic nitrogens is 4. The van der Waals surface area contributed by atoms with Crippen molar-refractivity contribution in [3.05, 3.63) is 24.5 Å². The molecule has 3 heterocycles. The van der Waals surface area contributed by atoms with E-state index in [4.69, 9.17) is 15.2 Å². The van der Waals surface area contributed by atoms with E-state index in [1.54, 1.807) is 12.4 Å². The summed E-state index contributed by atoms with van der Waals surface area (Å²) >= 11 is 0. The molecule has 0 saturated carbocycles. The first-order chi connectivity index (χ1) is 10.3. The average Bonchev–Trinajstić information content (AvgIpc) is 2.75. The minimum absolute atomic E-state index is 0.339. The van der Waals surface area contributed by atoms with Gasteiger partial charge < -0.3 is 20.2 Å². The lowest BCUT2D eigenvalue weighted by molar-refractivity contribution is 0.297. The number of anilines is 1. The predicted octanol–water partition coefficient (Wildman–Crippen LogP) is 1.76. The molecule has 1 aliphatic heterocycles. The summed E-state index contributed by atoms with van der Waals surface area (Å²) in [6, 6.07) is 3.75. The second-order valence-corrected chi connectivity index (χ2v) is 4.74. The first-order valence-corrected chi connectivity index (χ1v) is 6.67. The summed E-state index contributed by atoms with van der Waals surface area (Å²) in [6.45, 7) is 1.30. The Morgan fingerprint density at radius 1 is 1.05 bits per heavy atom. The summed E-state index contributed by atoms with van der Waals surface area (Å²) in [5.41, 5.74) is 7.99. The van der Waals surface area contributed by atoms with E-state index in [0.29, 0.717) is 36.3 Å². The highest BCUT2D eigenvalue weighted by molar-refractivity contribution is 5.83. The van der Waals surface area contributed by atoms with Gasteiger partial charge in [0.2, 0.25) is 0 Å². The van der Waals surface area contributed by atoms with Gasteiger partial charge in [0, 0.05) is 30.9 Å². The van der Waals surface area contributed by atoms with Crippen LogP contribution in [0.1, 0.15) is 6.42 Å². The summed E-state index contributed by atoms with van der Waals surface area (Å²) in [7, 11) is 0. The van der Waals surface area contributed by atoms with E-state index in [1.165, 1.54) is 0 Å². The van der Waals surface area contributed by atoms with E-state index in [1.807, 2.05) is 12.1 Å². The van der Waals surface area contributed by atoms with Gasteiger partial charge >= 0.3 is 0 Å². The average molecular weight is 283 g/mol. The second-order valence-electron chi connectivity index (χ2n) is 4.74. The second kappa shape index (κ2) is 4.62. The predicted molar refractivity (Wildman–Crippen MR) is 77.1 cm³/mol. The van der Waals surface area contributed by atoms with Crippen molar-refractivity contribution < 1.29 is 9.47 Å². The molecule has 1 aromatic carbocycles. The summed E-state index contributed by atoms with van der Waals surface area (Å²) in [4.78, 5) is 15.9. The Hall–Kier alpha value is -2.83. The standard InChI is InChI=1S/C14H13N5O2/c15-13-12(16-2-3-17-13)14-18-8-6-10-11(7-9(8)19-14)21-5-1-4-20-10/h2-3,6-7H,1,4-5H2,(H2,15,17)(H,18,19). The van der Waals surface area contributed by atoms with Gasteiger partial charge in [0.25, 0.3) is 0 Å². The number of hydrogen-bond acceptors (Lipinski definition) is 6. The van der Waals surface area contributed by atoms with Gasteiger partial charge in [-0.15, -0.1) is 0 Å². The monoisotopic (exact) mass is 283 g/mol. The third-order valence-corrected chi connectivity index (χ3v) is 3.30. The molecule has 0 aliphatic carbocycles. The van der Waals surface area contributed by atoms with Gasteiger partial charge in [0.05, 0.1) is 24.2 Å². The smallest absolute Gasteiger partial charge is 0.163 e. The molecule has 0 atom stereocenters. The highest BCUT2D eigenvalue weighted by Gasteiger charge is 2.16. The number of imidazole rings is 1. The number of aromatic amines is 1. The maximum absolute atomic E-state index is 5.83. The Bertz CT molecular complexity index is 771. The zero-order chi connectivity index (χ0) is 14.2. The van der Waals surface area contributed by atoms with Crippen LogP contribution in [0.3, 0.4) is 0 Å². The third-order valence-electron chi connectivity index (χ3n) is 3.30. The molecule has 21 heavy (non-hydrogen) atoms. The molecule has 106 valence electrons. The minimum Gasteiger partial charge on any atom is -0.489 e. The molecule has 7 heteroatoms. The van der Waals surface area contributed by atoms with Crippen molar-refractivity contribution in [3.63, 3.8) is 0 Å². The number of H-pyrrole nitrogens is 1. The first-order valence-electron chi connectivity index (χ1n) is 6.67. The van der Waals surface area contributed by atoms with Gasteiger partial charge in [-0.3, -0.25) is 0 Å². The van der Waals surface area contributed by atoms with Crippen LogP contribution in [0.2, 0.25) is 0 Å². The molecule has 4 rings (SSSR count). The van der Waals surface area contributed by atoms with Crippen LogP contribution in [0, 0.1) is 0 Å². The van der Waals surface area contributed by atoms with E-state index in [0.717, 1.165) is 23.2 Å². The van der Waals surface area contributed by atoms with Crippen LogP contribution in [0.15, 0.2) is 24.5 Å². The molecule has 0 bridgehead atoms. The topological polar surface area (TPSA) is 98.9 Å². The third kappa shape index (κ3) is 2.03. The summed E-state index contributed by atoms with van der Waals surface area (Å²) in [5, 5.41) is 0. The van der Waals surface area contributed by atoms with Crippen LogP contribution in [0.25, 0.3) is 22.6 Å². The van der Waals surface area contributed by atoms with Crippen molar-refractivity contribution >= 4 is 16.9 Å². The quantitative estimate of drug-likeness (QED) is 0.706. The fraction of sp³-hybridized carbons (Fsp3) is 0.214. The van der Waals surface area contributed by atoms with E-state index in [2.05, 4.69) is 19.9 Å². The Labute approximate surface area is 120 Å². The summed E-state index contributed by atoms with van der Waals surface area (Å²) in [5.74, 6) is 2.36. The molecule has 7 nitrogen and oxygen atoms in total. The zero-order valence-corrected chi connectivity index (χ0v) is 11.2. The molecular weight excluding hydrogens is 270 g/mol. The molecule has 3 aromatic rings. The van der Waals surface area contributed by atoms with Crippen molar-refractivity contribution in [2.75, 3.05) is 18.9 Å². The van der Waals surface area contributed by atoms with Gasteiger partial charge in [-0.25, -0.2) is 15.0 Å². The van der Waals surface area contributed by atoms with Gasteiger partial charge in [-0.05, 0) is 0 Å². The lowest BCUT2D eigenvalue weighted by atomic mass is 10.3. The number of fused-ring (bicyclic) bond motifs is 2. The summed E-state index contributed by atoms with van der Waals surface area (Å²) < 4.78 is 11.3. The van der Waals surface area contributed by atoms with E-state index >= 15 is 0 Å². The number of ether oxygens (including phenoxy) is 2. The summed E-state index contributed by atoms with van der Waals surface area (Å²) in [6.07, 6.45) is 4.00. The van der Waals surface area contributed by atoms with Gasteiger partial charge in [0.1, 0.15) is 5.69 Å². The van der Waals surface area contributed by atoms with E-state index in [9.17, 15) is 0 Å². The largest absolute Gasteiger partial charge is 0.489 e. The molecule has 0 unspecified atom stereocenters. The molecule has 1 aliphatic rings. The number of nitrogen functional groups attached to an aromatic ring is 1. The Morgan fingerprint density at radius 3 is 2.62 bits per heavy atom. The fourth-order valence-corrected chi connectivity index (χ4v) is 2.31. The molecule has 0 saturated heterocycles. The zero-order valence-electron chi connectivity index (χ0n) is 11.2. The van der Waals surface area contributed by atoms with E-state index < -0.39 is 0 Å². The number of nitrogens with zero attached hydrogens (tertiary/aromatic N) is 3. The van der Waals surface area contributed by atoms with Crippen LogP contribution in [0.5, 0.6) is 11.5 Å². The van der Waals surface area contributed by atoms with Gasteiger partial charge in [-0.2, -0.15) is 0 Å². The SMILES string of the molecule is Nc1nccnc1-c1nc2cc3c(cc2[nH]1)OCCCO3. The van der Waals surface area contributed by atoms with Crippen molar-refractivity contribution in [3.8, 4) is 23.0 Å². The number of benzene rings is 1. The maximum Gasteiger partial charge on any atom is 0.163 e. The Kier molecular flexibility index (Phi) is 2.63. The van der Waals surface area contributed by atoms with E-state index in [-0.39, 0.29) is 0 Å². The highest BCUT2D eigenvalue weighted by atomic mass is 16.5. The molecule has 2 aromatic heterocycles. The lowest BCUT2D eigenvalue weighted by Gasteiger charge is -2.05. The normalized spacial score (nSPS) is 14.1. The van der Waals surface area contributed by atoms with Crippen LogP contribution < -0.4 is 15.2 Å². The van der Waals surface area contributed by atoms with Crippen molar-refractivity contribution in [2.24, 2.45) is 0 Å².